The molecular formula is C16H22N2O3. The lowest BCUT2D eigenvalue weighted by molar-refractivity contribution is -0.142. The first-order valence-corrected chi connectivity index (χ1v) is 7.39. The first-order chi connectivity index (χ1) is 10.1. The van der Waals surface area contributed by atoms with E-state index in [0.29, 0.717) is 12.8 Å². The highest BCUT2D eigenvalue weighted by atomic mass is 16.4. The fourth-order valence-corrected chi connectivity index (χ4v) is 2.79. The number of carboxylic acid groups (broad SMARTS) is 1. The van der Waals surface area contributed by atoms with Crippen LogP contribution in [-0.4, -0.2) is 23.0 Å². The van der Waals surface area contributed by atoms with Gasteiger partial charge in [0.2, 0.25) is 5.91 Å². The molecule has 5 heteroatoms. The molecular weight excluding hydrogens is 268 g/mol. The number of hydrogen-bond donors (Lipinski definition) is 3. The van der Waals surface area contributed by atoms with Crippen molar-refractivity contribution in [3.05, 3.63) is 35.9 Å². The normalized spacial score (nSPS) is 23.3. The Labute approximate surface area is 124 Å². The fraction of sp³-hybridized carbons (Fsp3) is 0.500. The van der Waals surface area contributed by atoms with Gasteiger partial charge in [0.15, 0.2) is 0 Å². The molecule has 0 bridgehead atoms. The van der Waals surface area contributed by atoms with Crippen LogP contribution in [0, 0.1) is 5.92 Å². The summed E-state index contributed by atoms with van der Waals surface area (Å²) in [5, 5.41) is 11.9. The Morgan fingerprint density at radius 2 is 1.81 bits per heavy atom. The second-order valence-corrected chi connectivity index (χ2v) is 5.68. The number of aliphatic carboxylic acids is 1. The van der Waals surface area contributed by atoms with E-state index >= 15 is 0 Å². The molecule has 114 valence electrons. The number of benzene rings is 1. The van der Waals surface area contributed by atoms with Crippen molar-refractivity contribution in [1.29, 1.82) is 0 Å². The van der Waals surface area contributed by atoms with Crippen LogP contribution in [0.4, 0.5) is 0 Å². The predicted octanol–water partition coefficient (Wildman–Crippen LogP) is 1.84. The lowest BCUT2D eigenvalue weighted by Gasteiger charge is -2.27. The number of nitrogens with two attached hydrogens (primary N) is 1. The SMILES string of the molecule is NC(CC(=O)NC1CCC(C(=O)O)CC1)c1ccccc1. The van der Waals surface area contributed by atoms with Gasteiger partial charge in [-0.2, -0.15) is 0 Å². The smallest absolute Gasteiger partial charge is 0.306 e. The molecule has 1 fully saturated rings. The Hall–Kier alpha value is -1.88. The summed E-state index contributed by atoms with van der Waals surface area (Å²) in [6.45, 7) is 0. The predicted molar refractivity (Wildman–Crippen MR) is 79.5 cm³/mol. The third-order valence-electron chi connectivity index (χ3n) is 4.07. The van der Waals surface area contributed by atoms with Gasteiger partial charge in [0, 0.05) is 18.5 Å². The highest BCUT2D eigenvalue weighted by Crippen LogP contribution is 2.24. The molecule has 0 aromatic heterocycles. The fourth-order valence-electron chi connectivity index (χ4n) is 2.79. The second-order valence-electron chi connectivity index (χ2n) is 5.68. The summed E-state index contributed by atoms with van der Waals surface area (Å²) in [6.07, 6.45) is 2.96. The summed E-state index contributed by atoms with van der Waals surface area (Å²) in [5.41, 5.74) is 6.97. The maximum absolute atomic E-state index is 12.0. The van der Waals surface area contributed by atoms with Crippen molar-refractivity contribution in [3.8, 4) is 0 Å². The van der Waals surface area contributed by atoms with Gasteiger partial charge >= 0.3 is 5.97 Å². The van der Waals surface area contributed by atoms with Crippen LogP contribution in [-0.2, 0) is 9.59 Å². The van der Waals surface area contributed by atoms with Crippen molar-refractivity contribution in [2.45, 2.75) is 44.2 Å². The maximum Gasteiger partial charge on any atom is 0.306 e. The largest absolute Gasteiger partial charge is 0.481 e. The molecule has 4 N–H and O–H groups in total. The van der Waals surface area contributed by atoms with E-state index in [1.165, 1.54) is 0 Å². The highest BCUT2D eigenvalue weighted by Gasteiger charge is 2.26. The summed E-state index contributed by atoms with van der Waals surface area (Å²) in [7, 11) is 0. The molecule has 0 radical (unpaired) electrons. The highest BCUT2D eigenvalue weighted by molar-refractivity contribution is 5.77. The van der Waals surface area contributed by atoms with Crippen LogP contribution in [0.1, 0.15) is 43.7 Å². The van der Waals surface area contributed by atoms with Gasteiger partial charge in [-0.1, -0.05) is 30.3 Å². The lowest BCUT2D eigenvalue weighted by Crippen LogP contribution is -2.39. The van der Waals surface area contributed by atoms with Crippen molar-refractivity contribution in [2.24, 2.45) is 11.7 Å². The second kappa shape index (κ2) is 7.22. The van der Waals surface area contributed by atoms with Crippen molar-refractivity contribution >= 4 is 11.9 Å². The third-order valence-corrected chi connectivity index (χ3v) is 4.07. The summed E-state index contributed by atoms with van der Waals surface area (Å²) in [5.74, 6) is -1.05. The number of carbonyl (C=O) groups is 2. The first kappa shape index (κ1) is 15.5. The zero-order chi connectivity index (χ0) is 15.2. The lowest BCUT2D eigenvalue weighted by atomic mass is 9.86. The van der Waals surface area contributed by atoms with Crippen LogP contribution in [0.15, 0.2) is 30.3 Å². The molecule has 1 unspecified atom stereocenters. The minimum atomic E-state index is -0.731. The minimum Gasteiger partial charge on any atom is -0.481 e. The van der Waals surface area contributed by atoms with E-state index in [1.54, 1.807) is 0 Å². The monoisotopic (exact) mass is 290 g/mol. The number of nitrogens with one attached hydrogen (secondary N) is 1. The summed E-state index contributed by atoms with van der Waals surface area (Å²) in [6, 6.07) is 9.32. The van der Waals surface area contributed by atoms with E-state index in [0.717, 1.165) is 18.4 Å². The first-order valence-electron chi connectivity index (χ1n) is 7.39. The summed E-state index contributed by atoms with van der Waals surface area (Å²) >= 11 is 0. The Kier molecular flexibility index (Phi) is 5.33. The molecule has 2 rings (SSSR count). The van der Waals surface area contributed by atoms with Crippen LogP contribution < -0.4 is 11.1 Å². The average molecular weight is 290 g/mol. The Morgan fingerprint density at radius 1 is 1.19 bits per heavy atom. The zero-order valence-electron chi connectivity index (χ0n) is 12.0. The van der Waals surface area contributed by atoms with Crippen molar-refractivity contribution in [3.63, 3.8) is 0 Å². The van der Waals surface area contributed by atoms with Crippen LogP contribution in [0.3, 0.4) is 0 Å². The number of carbonyl (C=O) groups excluding carboxylic acids is 1. The average Bonchev–Trinajstić information content (AvgIpc) is 2.48. The molecule has 1 aromatic carbocycles. The van der Waals surface area contributed by atoms with Crippen LogP contribution in [0.25, 0.3) is 0 Å². The van der Waals surface area contributed by atoms with Gasteiger partial charge in [0.25, 0.3) is 0 Å². The molecule has 0 saturated heterocycles. The molecule has 1 aliphatic rings. The van der Waals surface area contributed by atoms with Crippen molar-refractivity contribution in [1.82, 2.24) is 5.32 Å². The van der Waals surface area contributed by atoms with E-state index in [9.17, 15) is 9.59 Å². The van der Waals surface area contributed by atoms with E-state index in [2.05, 4.69) is 5.32 Å². The van der Waals surface area contributed by atoms with Crippen molar-refractivity contribution < 1.29 is 14.7 Å². The van der Waals surface area contributed by atoms with Gasteiger partial charge in [0.05, 0.1) is 5.92 Å². The molecule has 1 amide bonds. The van der Waals surface area contributed by atoms with E-state index < -0.39 is 5.97 Å². The number of amides is 1. The van der Waals surface area contributed by atoms with Gasteiger partial charge in [-0.05, 0) is 31.2 Å². The molecule has 21 heavy (non-hydrogen) atoms. The minimum absolute atomic E-state index is 0.0647. The number of hydrogen-bond acceptors (Lipinski definition) is 3. The van der Waals surface area contributed by atoms with Crippen LogP contribution in [0.2, 0.25) is 0 Å². The molecule has 0 aliphatic heterocycles. The van der Waals surface area contributed by atoms with E-state index in [4.69, 9.17) is 10.8 Å². The quantitative estimate of drug-likeness (QED) is 0.771. The van der Waals surface area contributed by atoms with Gasteiger partial charge in [-0.15, -0.1) is 0 Å². The Morgan fingerprint density at radius 3 is 2.38 bits per heavy atom. The van der Waals surface area contributed by atoms with Gasteiger partial charge in [-0.25, -0.2) is 0 Å². The summed E-state index contributed by atoms with van der Waals surface area (Å²) in [4.78, 5) is 22.9. The van der Waals surface area contributed by atoms with Crippen LogP contribution in [0.5, 0.6) is 0 Å². The topological polar surface area (TPSA) is 92.4 Å². The Balaban J connectivity index is 1.76. The Bertz CT molecular complexity index is 482. The van der Waals surface area contributed by atoms with Gasteiger partial charge in [-0.3, -0.25) is 9.59 Å². The maximum atomic E-state index is 12.0. The zero-order valence-corrected chi connectivity index (χ0v) is 12.0. The standard InChI is InChI=1S/C16H22N2O3/c17-14(11-4-2-1-3-5-11)10-15(19)18-13-8-6-12(7-9-13)16(20)21/h1-5,12-14H,6-10,17H2,(H,18,19)(H,20,21). The molecule has 5 nitrogen and oxygen atoms in total. The number of carboxylic acids is 1. The van der Waals surface area contributed by atoms with Gasteiger partial charge in [0.1, 0.15) is 0 Å². The molecule has 0 heterocycles. The summed E-state index contributed by atoms with van der Waals surface area (Å²) < 4.78 is 0. The molecule has 1 saturated carbocycles. The van der Waals surface area contributed by atoms with Gasteiger partial charge < -0.3 is 16.2 Å². The van der Waals surface area contributed by atoms with E-state index in [1.807, 2.05) is 30.3 Å². The van der Waals surface area contributed by atoms with Crippen molar-refractivity contribution in [2.75, 3.05) is 0 Å². The van der Waals surface area contributed by atoms with Crippen LogP contribution >= 0.6 is 0 Å². The van der Waals surface area contributed by atoms with E-state index in [-0.39, 0.29) is 30.3 Å². The molecule has 1 aliphatic carbocycles. The molecule has 1 aromatic rings. The number of rotatable bonds is 5. The molecule has 1 atom stereocenters. The third kappa shape index (κ3) is 4.56. The molecule has 0 spiro atoms.